The summed E-state index contributed by atoms with van der Waals surface area (Å²) in [6, 6.07) is 0. The maximum Gasteiger partial charge on any atom is 0.330 e. The third-order valence-electron chi connectivity index (χ3n) is 1.93. The molecule has 0 amide bonds. The Hall–Kier alpha value is -0.830. The molecule has 1 aliphatic rings. The molecule has 1 aliphatic heterocycles. The SMILES string of the molecule is COC(=O)/C=C/[C@]1(C)OC1C. The van der Waals surface area contributed by atoms with Crippen molar-refractivity contribution in [1.82, 2.24) is 0 Å². The van der Waals surface area contributed by atoms with E-state index in [2.05, 4.69) is 4.74 Å². The van der Waals surface area contributed by atoms with Crippen LogP contribution in [-0.2, 0) is 14.3 Å². The van der Waals surface area contributed by atoms with Gasteiger partial charge in [-0.1, -0.05) is 0 Å². The minimum Gasteiger partial charge on any atom is -0.466 e. The van der Waals surface area contributed by atoms with Crippen LogP contribution in [0.1, 0.15) is 13.8 Å². The number of epoxide rings is 1. The molecule has 62 valence electrons. The molecule has 0 N–H and O–H groups in total. The molecule has 3 heteroatoms. The summed E-state index contributed by atoms with van der Waals surface area (Å²) >= 11 is 0. The zero-order valence-corrected chi connectivity index (χ0v) is 6.96. The minimum atomic E-state index is -0.339. The summed E-state index contributed by atoms with van der Waals surface area (Å²) in [6.07, 6.45) is 3.33. The van der Waals surface area contributed by atoms with E-state index in [0.29, 0.717) is 0 Å². The van der Waals surface area contributed by atoms with Crippen molar-refractivity contribution in [2.75, 3.05) is 7.11 Å². The first-order chi connectivity index (χ1) is 5.08. The van der Waals surface area contributed by atoms with Crippen LogP contribution >= 0.6 is 0 Å². The number of carbonyl (C=O) groups is 1. The zero-order valence-electron chi connectivity index (χ0n) is 6.96. The number of carbonyl (C=O) groups excluding carboxylic acids is 1. The van der Waals surface area contributed by atoms with Crippen molar-refractivity contribution in [2.24, 2.45) is 0 Å². The van der Waals surface area contributed by atoms with E-state index in [0.717, 1.165) is 0 Å². The molecule has 0 saturated carbocycles. The third kappa shape index (κ3) is 1.80. The quantitative estimate of drug-likeness (QED) is 0.338. The van der Waals surface area contributed by atoms with Gasteiger partial charge >= 0.3 is 5.97 Å². The van der Waals surface area contributed by atoms with Gasteiger partial charge in [-0.15, -0.1) is 0 Å². The Kier molecular flexibility index (Phi) is 2.00. The van der Waals surface area contributed by atoms with Crippen molar-refractivity contribution < 1.29 is 14.3 Å². The Morgan fingerprint density at radius 1 is 1.73 bits per heavy atom. The van der Waals surface area contributed by atoms with Gasteiger partial charge in [0.05, 0.1) is 13.2 Å². The van der Waals surface area contributed by atoms with Gasteiger partial charge in [-0.2, -0.15) is 0 Å². The van der Waals surface area contributed by atoms with Crippen molar-refractivity contribution in [3.8, 4) is 0 Å². The first-order valence-electron chi connectivity index (χ1n) is 3.53. The summed E-state index contributed by atoms with van der Waals surface area (Å²) in [6.45, 7) is 3.89. The predicted molar refractivity (Wildman–Crippen MR) is 40.1 cm³/mol. The molecule has 0 aliphatic carbocycles. The standard InChI is InChI=1S/C8H12O3/c1-6-8(2,11-6)5-4-7(9)10-3/h4-6H,1-3H3/b5-4+/t6?,8-/m0/s1. The van der Waals surface area contributed by atoms with Crippen molar-refractivity contribution in [2.45, 2.75) is 25.6 Å². The van der Waals surface area contributed by atoms with Crippen LogP contribution in [0.3, 0.4) is 0 Å². The van der Waals surface area contributed by atoms with Gasteiger partial charge in [-0.05, 0) is 19.9 Å². The van der Waals surface area contributed by atoms with Gasteiger partial charge in [0.25, 0.3) is 0 Å². The van der Waals surface area contributed by atoms with Gasteiger partial charge in [0.2, 0.25) is 0 Å². The lowest BCUT2D eigenvalue weighted by Crippen LogP contribution is -2.04. The van der Waals surface area contributed by atoms with Gasteiger partial charge in [0.1, 0.15) is 5.60 Å². The minimum absolute atomic E-state index is 0.211. The largest absolute Gasteiger partial charge is 0.466 e. The van der Waals surface area contributed by atoms with Crippen molar-refractivity contribution in [1.29, 1.82) is 0 Å². The maximum absolute atomic E-state index is 10.6. The van der Waals surface area contributed by atoms with E-state index in [1.165, 1.54) is 13.2 Å². The monoisotopic (exact) mass is 156 g/mol. The predicted octanol–water partition coefficient (Wildman–Crippen LogP) is 0.893. The van der Waals surface area contributed by atoms with Crippen LogP contribution in [-0.4, -0.2) is 24.8 Å². The highest BCUT2D eigenvalue weighted by molar-refractivity contribution is 5.82. The van der Waals surface area contributed by atoms with Crippen LogP contribution in [0, 0.1) is 0 Å². The fourth-order valence-electron chi connectivity index (χ4n) is 0.823. The highest BCUT2D eigenvalue weighted by atomic mass is 16.6. The average Bonchev–Trinajstić information content (AvgIpc) is 2.56. The van der Waals surface area contributed by atoms with Crippen LogP contribution in [0.4, 0.5) is 0 Å². The third-order valence-corrected chi connectivity index (χ3v) is 1.93. The normalized spacial score (nSPS) is 35.7. The first-order valence-corrected chi connectivity index (χ1v) is 3.53. The molecule has 0 aromatic heterocycles. The highest BCUT2D eigenvalue weighted by Crippen LogP contribution is 2.36. The molecule has 1 unspecified atom stereocenters. The lowest BCUT2D eigenvalue weighted by Gasteiger charge is -1.94. The molecule has 0 radical (unpaired) electrons. The molecule has 0 aromatic rings. The highest BCUT2D eigenvalue weighted by Gasteiger charge is 2.46. The molecular formula is C8H12O3. The van der Waals surface area contributed by atoms with Crippen LogP contribution < -0.4 is 0 Å². The topological polar surface area (TPSA) is 38.8 Å². The second-order valence-corrected chi connectivity index (χ2v) is 2.80. The molecule has 0 spiro atoms. The van der Waals surface area contributed by atoms with E-state index in [9.17, 15) is 4.79 Å². The van der Waals surface area contributed by atoms with Crippen LogP contribution in [0.25, 0.3) is 0 Å². The van der Waals surface area contributed by atoms with E-state index < -0.39 is 0 Å². The van der Waals surface area contributed by atoms with Crippen molar-refractivity contribution in [3.63, 3.8) is 0 Å². The zero-order chi connectivity index (χ0) is 8.48. The van der Waals surface area contributed by atoms with Gasteiger partial charge in [-0.25, -0.2) is 4.79 Å². The Morgan fingerprint density at radius 3 is 2.64 bits per heavy atom. The van der Waals surface area contributed by atoms with Crippen LogP contribution in [0.2, 0.25) is 0 Å². The molecule has 1 fully saturated rings. The Balaban J connectivity index is 2.42. The summed E-state index contributed by atoms with van der Waals surface area (Å²) in [7, 11) is 1.35. The molecule has 1 heterocycles. The number of esters is 1. The van der Waals surface area contributed by atoms with Gasteiger partial charge in [0.15, 0.2) is 0 Å². The Morgan fingerprint density at radius 2 is 2.27 bits per heavy atom. The van der Waals surface area contributed by atoms with E-state index in [1.807, 2.05) is 13.8 Å². The number of ether oxygens (including phenoxy) is 2. The summed E-state index contributed by atoms with van der Waals surface area (Å²) in [4.78, 5) is 10.6. The number of rotatable bonds is 2. The van der Waals surface area contributed by atoms with Gasteiger partial charge < -0.3 is 9.47 Å². The van der Waals surface area contributed by atoms with Crippen molar-refractivity contribution in [3.05, 3.63) is 12.2 Å². The average molecular weight is 156 g/mol. The van der Waals surface area contributed by atoms with Crippen LogP contribution in [0.15, 0.2) is 12.2 Å². The lowest BCUT2D eigenvalue weighted by atomic mass is 10.1. The Labute approximate surface area is 66.0 Å². The van der Waals surface area contributed by atoms with E-state index in [1.54, 1.807) is 6.08 Å². The summed E-state index contributed by atoms with van der Waals surface area (Å²) < 4.78 is 9.63. The van der Waals surface area contributed by atoms with Gasteiger partial charge in [-0.3, -0.25) is 0 Å². The van der Waals surface area contributed by atoms with E-state index in [-0.39, 0.29) is 17.7 Å². The maximum atomic E-state index is 10.6. The van der Waals surface area contributed by atoms with Crippen LogP contribution in [0.5, 0.6) is 0 Å². The summed E-state index contributed by atoms with van der Waals surface area (Å²) in [5, 5.41) is 0. The fraction of sp³-hybridized carbons (Fsp3) is 0.625. The van der Waals surface area contributed by atoms with Crippen molar-refractivity contribution >= 4 is 5.97 Å². The van der Waals surface area contributed by atoms with E-state index in [4.69, 9.17) is 4.74 Å². The number of hydrogen-bond donors (Lipinski definition) is 0. The Bertz CT molecular complexity index is 198. The first kappa shape index (κ1) is 8.27. The second kappa shape index (κ2) is 2.66. The number of methoxy groups -OCH3 is 1. The smallest absolute Gasteiger partial charge is 0.330 e. The van der Waals surface area contributed by atoms with E-state index >= 15 is 0 Å². The second-order valence-electron chi connectivity index (χ2n) is 2.80. The molecule has 11 heavy (non-hydrogen) atoms. The molecular weight excluding hydrogens is 144 g/mol. The van der Waals surface area contributed by atoms with Gasteiger partial charge in [0, 0.05) is 6.08 Å². The summed E-state index contributed by atoms with van der Waals surface area (Å²) in [5.41, 5.74) is -0.242. The molecule has 0 bridgehead atoms. The molecule has 0 aromatic carbocycles. The number of hydrogen-bond acceptors (Lipinski definition) is 3. The lowest BCUT2D eigenvalue weighted by molar-refractivity contribution is -0.134. The summed E-state index contributed by atoms with van der Waals surface area (Å²) in [5.74, 6) is -0.339. The molecule has 2 atom stereocenters. The molecule has 3 nitrogen and oxygen atoms in total. The fourth-order valence-corrected chi connectivity index (χ4v) is 0.823. The molecule has 1 rings (SSSR count). The molecule has 1 saturated heterocycles.